The van der Waals surface area contributed by atoms with Crippen molar-refractivity contribution in [2.75, 3.05) is 31.1 Å². The number of carboxylic acids is 1. The number of aryl methyl sites for hydroxylation is 1. The van der Waals surface area contributed by atoms with Crippen molar-refractivity contribution >= 4 is 11.7 Å². The second-order valence-corrected chi connectivity index (χ2v) is 6.33. The zero-order chi connectivity index (χ0) is 14.8. The molecule has 2 fully saturated rings. The summed E-state index contributed by atoms with van der Waals surface area (Å²) in [5.41, 5.74) is 2.45. The molecule has 1 aromatic rings. The summed E-state index contributed by atoms with van der Waals surface area (Å²) < 4.78 is 0. The lowest BCUT2D eigenvalue weighted by molar-refractivity contribution is -0.136. The minimum atomic E-state index is -0.711. The summed E-state index contributed by atoms with van der Waals surface area (Å²) in [5, 5.41) is 9.07. The van der Waals surface area contributed by atoms with Crippen molar-refractivity contribution in [3.8, 4) is 0 Å². The van der Waals surface area contributed by atoms with Crippen LogP contribution in [0.15, 0.2) is 24.3 Å². The normalized spacial score (nSPS) is 27.6. The number of rotatable bonds is 5. The Balaban J connectivity index is 1.85. The van der Waals surface area contributed by atoms with Crippen LogP contribution in [0.2, 0.25) is 0 Å². The number of carboxylic acid groups (broad SMARTS) is 1. The van der Waals surface area contributed by atoms with Gasteiger partial charge in [-0.3, -0.25) is 4.79 Å². The molecule has 114 valence electrons. The number of para-hydroxylation sites is 1. The first-order valence-corrected chi connectivity index (χ1v) is 7.91. The van der Waals surface area contributed by atoms with E-state index in [1.54, 1.807) is 0 Å². The summed E-state index contributed by atoms with van der Waals surface area (Å²) >= 11 is 0. The lowest BCUT2D eigenvalue weighted by Crippen LogP contribution is -2.47. The van der Waals surface area contributed by atoms with Gasteiger partial charge in [-0.05, 0) is 43.9 Å². The van der Waals surface area contributed by atoms with Gasteiger partial charge in [-0.15, -0.1) is 0 Å². The van der Waals surface area contributed by atoms with E-state index in [-0.39, 0.29) is 6.42 Å². The molecule has 0 radical (unpaired) electrons. The van der Waals surface area contributed by atoms with Gasteiger partial charge in [0, 0.05) is 31.4 Å². The predicted molar refractivity (Wildman–Crippen MR) is 83.7 cm³/mol. The van der Waals surface area contributed by atoms with Gasteiger partial charge in [0.15, 0.2) is 0 Å². The Hall–Kier alpha value is -1.55. The third kappa shape index (κ3) is 3.05. The monoisotopic (exact) mass is 288 g/mol. The highest BCUT2D eigenvalue weighted by Gasteiger charge is 2.37. The zero-order valence-corrected chi connectivity index (χ0v) is 12.7. The Morgan fingerprint density at radius 3 is 2.86 bits per heavy atom. The number of carbonyl (C=O) groups is 1. The van der Waals surface area contributed by atoms with Crippen LogP contribution in [0.3, 0.4) is 0 Å². The molecule has 3 rings (SSSR count). The van der Waals surface area contributed by atoms with E-state index in [1.165, 1.54) is 30.8 Å². The summed E-state index contributed by atoms with van der Waals surface area (Å²) in [6.07, 6.45) is 2.61. The fourth-order valence-corrected chi connectivity index (χ4v) is 3.91. The van der Waals surface area contributed by atoms with Crippen LogP contribution in [0.4, 0.5) is 5.69 Å². The van der Waals surface area contributed by atoms with Crippen molar-refractivity contribution in [1.82, 2.24) is 4.90 Å². The maximum atomic E-state index is 11.0. The molecule has 0 aliphatic carbocycles. The maximum absolute atomic E-state index is 11.0. The number of benzene rings is 1. The van der Waals surface area contributed by atoms with Crippen molar-refractivity contribution in [1.29, 1.82) is 0 Å². The SMILES string of the molecule is Cc1ccccc1N(CCC(=O)O)C1CCN2CCC1C2. The summed E-state index contributed by atoms with van der Waals surface area (Å²) in [7, 11) is 0. The largest absolute Gasteiger partial charge is 0.481 e. The first kappa shape index (κ1) is 14.4. The molecule has 1 aromatic carbocycles. The molecule has 1 N–H and O–H groups in total. The van der Waals surface area contributed by atoms with Crippen LogP contribution >= 0.6 is 0 Å². The van der Waals surface area contributed by atoms with Crippen LogP contribution in [-0.2, 0) is 4.79 Å². The Bertz CT molecular complexity index is 517. The number of aliphatic carboxylic acids is 1. The van der Waals surface area contributed by atoms with E-state index < -0.39 is 5.97 Å². The van der Waals surface area contributed by atoms with Gasteiger partial charge < -0.3 is 14.9 Å². The Kier molecular flexibility index (Phi) is 4.15. The number of anilines is 1. The molecule has 2 heterocycles. The van der Waals surface area contributed by atoms with Crippen molar-refractivity contribution in [3.63, 3.8) is 0 Å². The van der Waals surface area contributed by atoms with E-state index in [1.807, 2.05) is 6.07 Å². The van der Waals surface area contributed by atoms with Crippen LogP contribution in [0.1, 0.15) is 24.8 Å². The van der Waals surface area contributed by atoms with E-state index in [0.717, 1.165) is 13.0 Å². The standard InChI is InChI=1S/C17H24N2O2/c1-13-4-2-3-5-15(13)19(11-8-17(20)21)16-7-10-18-9-6-14(16)12-18/h2-5,14,16H,6-12H2,1H3,(H,20,21). The Morgan fingerprint density at radius 1 is 1.33 bits per heavy atom. The van der Waals surface area contributed by atoms with Crippen LogP contribution in [0.5, 0.6) is 0 Å². The first-order valence-electron chi connectivity index (χ1n) is 7.91. The first-order chi connectivity index (χ1) is 10.1. The minimum Gasteiger partial charge on any atom is -0.481 e. The van der Waals surface area contributed by atoms with Crippen molar-refractivity contribution in [3.05, 3.63) is 29.8 Å². The lowest BCUT2D eigenvalue weighted by Gasteiger charge is -2.41. The second-order valence-electron chi connectivity index (χ2n) is 6.33. The molecule has 2 bridgehead atoms. The third-order valence-corrected chi connectivity index (χ3v) is 4.99. The van der Waals surface area contributed by atoms with Crippen LogP contribution in [0, 0.1) is 12.8 Å². The van der Waals surface area contributed by atoms with E-state index in [2.05, 4.69) is 34.9 Å². The molecule has 2 saturated heterocycles. The number of hydrogen-bond donors (Lipinski definition) is 1. The van der Waals surface area contributed by atoms with E-state index >= 15 is 0 Å². The van der Waals surface area contributed by atoms with E-state index in [4.69, 9.17) is 5.11 Å². The summed E-state index contributed by atoms with van der Waals surface area (Å²) in [6, 6.07) is 8.85. The van der Waals surface area contributed by atoms with Gasteiger partial charge in [0.2, 0.25) is 0 Å². The molecule has 2 aliphatic rings. The van der Waals surface area contributed by atoms with Crippen molar-refractivity contribution in [2.24, 2.45) is 5.92 Å². The molecule has 3 atom stereocenters. The third-order valence-electron chi connectivity index (χ3n) is 4.99. The highest BCUT2D eigenvalue weighted by Crippen LogP contribution is 2.34. The molecule has 21 heavy (non-hydrogen) atoms. The van der Waals surface area contributed by atoms with Crippen LogP contribution in [0.25, 0.3) is 0 Å². The summed E-state index contributed by atoms with van der Waals surface area (Å²) in [5.74, 6) is -0.0235. The second kappa shape index (κ2) is 6.06. The average molecular weight is 288 g/mol. The Labute approximate surface area is 126 Å². The highest BCUT2D eigenvalue weighted by atomic mass is 16.4. The van der Waals surface area contributed by atoms with Crippen LogP contribution in [-0.4, -0.2) is 48.2 Å². The van der Waals surface area contributed by atoms with Gasteiger partial charge in [0.25, 0.3) is 0 Å². The number of nitrogens with zero attached hydrogens (tertiary/aromatic N) is 2. The van der Waals surface area contributed by atoms with Gasteiger partial charge >= 0.3 is 5.97 Å². The van der Waals surface area contributed by atoms with Gasteiger partial charge in [-0.1, -0.05) is 18.2 Å². The molecular weight excluding hydrogens is 264 g/mol. The fraction of sp³-hybridized carbons (Fsp3) is 0.588. The number of piperidine rings is 1. The Morgan fingerprint density at radius 2 is 2.10 bits per heavy atom. The number of fused-ring (bicyclic) bond motifs is 2. The van der Waals surface area contributed by atoms with Gasteiger partial charge in [-0.25, -0.2) is 0 Å². The molecule has 0 saturated carbocycles. The molecule has 4 heteroatoms. The molecular formula is C17H24N2O2. The van der Waals surface area contributed by atoms with Gasteiger partial charge in [-0.2, -0.15) is 0 Å². The molecule has 0 aromatic heterocycles. The summed E-state index contributed by atoms with van der Waals surface area (Å²) in [4.78, 5) is 15.9. The van der Waals surface area contributed by atoms with E-state index in [9.17, 15) is 4.79 Å². The van der Waals surface area contributed by atoms with Crippen LogP contribution < -0.4 is 4.90 Å². The highest BCUT2D eigenvalue weighted by molar-refractivity contribution is 5.68. The lowest BCUT2D eigenvalue weighted by atomic mass is 9.91. The summed E-state index contributed by atoms with van der Waals surface area (Å²) in [6.45, 7) is 6.27. The minimum absolute atomic E-state index is 0.210. The smallest absolute Gasteiger partial charge is 0.305 e. The number of hydrogen-bond acceptors (Lipinski definition) is 3. The topological polar surface area (TPSA) is 43.8 Å². The molecule has 4 nitrogen and oxygen atoms in total. The predicted octanol–water partition coefficient (Wildman–Crippen LogP) is 2.37. The van der Waals surface area contributed by atoms with Gasteiger partial charge in [0.1, 0.15) is 0 Å². The average Bonchev–Trinajstić information content (AvgIpc) is 2.84. The molecule has 0 spiro atoms. The van der Waals surface area contributed by atoms with Crippen molar-refractivity contribution in [2.45, 2.75) is 32.2 Å². The molecule has 3 unspecified atom stereocenters. The van der Waals surface area contributed by atoms with Crippen molar-refractivity contribution < 1.29 is 9.90 Å². The molecule has 0 amide bonds. The van der Waals surface area contributed by atoms with Gasteiger partial charge in [0.05, 0.1) is 6.42 Å². The fourth-order valence-electron chi connectivity index (χ4n) is 3.91. The molecule has 2 aliphatic heterocycles. The van der Waals surface area contributed by atoms with E-state index in [0.29, 0.717) is 18.5 Å². The maximum Gasteiger partial charge on any atom is 0.305 e. The zero-order valence-electron chi connectivity index (χ0n) is 12.7. The quantitative estimate of drug-likeness (QED) is 0.903.